The van der Waals surface area contributed by atoms with Gasteiger partial charge in [0, 0.05) is 68.6 Å². The molecule has 0 aliphatic rings. The molecule has 0 saturated carbocycles. The molecule has 6 N–H and O–H groups in total. The molecule has 0 bridgehead atoms. The maximum atomic E-state index is 12.7. The molecular weight excluding hydrogens is 496 g/mol. The van der Waals surface area contributed by atoms with Crippen LogP contribution in [0.2, 0.25) is 0 Å². The first-order valence-electron chi connectivity index (χ1n) is 14.1. The smallest absolute Gasteiger partial charge is 0.303 e. The Bertz CT molecular complexity index is 905. The largest absolute Gasteiger partial charge is 0.457 e. The van der Waals surface area contributed by atoms with Crippen molar-refractivity contribution in [3.8, 4) is 0 Å². The van der Waals surface area contributed by atoms with Crippen molar-refractivity contribution in [2.45, 2.75) is 91.9 Å². The zero-order chi connectivity index (χ0) is 29.6. The monoisotopic (exact) mass is 548 g/mol. The molecule has 1 rings (SSSR count). The number of carbonyl (C=O) groups is 2. The van der Waals surface area contributed by atoms with Gasteiger partial charge in [-0.05, 0) is 36.8 Å². The zero-order valence-corrected chi connectivity index (χ0v) is 25.0. The average Bonchev–Trinajstić information content (AvgIpc) is 2.89. The van der Waals surface area contributed by atoms with E-state index in [1.54, 1.807) is 7.11 Å². The Labute approximate surface area is 235 Å². The van der Waals surface area contributed by atoms with Gasteiger partial charge in [0.05, 0.1) is 6.10 Å². The number of amides is 1. The lowest BCUT2D eigenvalue weighted by Crippen LogP contribution is -2.47. The first-order chi connectivity index (χ1) is 18.4. The van der Waals surface area contributed by atoms with Gasteiger partial charge in [0.25, 0.3) is 0 Å². The van der Waals surface area contributed by atoms with Crippen LogP contribution in [0.1, 0.15) is 90.9 Å². The molecular formula is C30H52N4O5. The summed E-state index contributed by atoms with van der Waals surface area (Å²) < 4.78 is 11.0. The molecule has 0 heterocycles. The number of aliphatic hydroxyl groups is 1. The van der Waals surface area contributed by atoms with Gasteiger partial charge in [-0.1, -0.05) is 59.6 Å². The Morgan fingerprint density at radius 2 is 1.92 bits per heavy atom. The third kappa shape index (κ3) is 11.6. The molecule has 1 amide bonds. The summed E-state index contributed by atoms with van der Waals surface area (Å²) in [6, 6.07) is 4.97. The lowest BCUT2D eigenvalue weighted by atomic mass is 9.80. The van der Waals surface area contributed by atoms with Gasteiger partial charge in [-0.25, -0.2) is 0 Å². The highest BCUT2D eigenvalue weighted by Gasteiger charge is 2.33. The minimum atomic E-state index is -0.951. The van der Waals surface area contributed by atoms with Gasteiger partial charge in [-0.15, -0.1) is 0 Å². The summed E-state index contributed by atoms with van der Waals surface area (Å²) in [5, 5.41) is 24.8. The van der Waals surface area contributed by atoms with Crippen LogP contribution in [0.3, 0.4) is 0 Å². The Morgan fingerprint density at radius 1 is 1.23 bits per heavy atom. The molecule has 0 aliphatic heterocycles. The fourth-order valence-corrected chi connectivity index (χ4v) is 4.59. The summed E-state index contributed by atoms with van der Waals surface area (Å²) in [4.78, 5) is 24.8. The third-order valence-electron chi connectivity index (χ3n) is 7.22. The molecule has 0 fully saturated rings. The number of hydrogen-bond acceptors (Lipinski definition) is 8. The SMILES string of the molecule is CCCCC(C)(C)C(=O)NC[C@H](O)[C@@H](N)C[C@@H](C(C)C)[C@@H](OC(C)=O)c1ccc(C=N)c(NCCCOC)c1. The van der Waals surface area contributed by atoms with Crippen LogP contribution in [-0.4, -0.2) is 62.1 Å². The predicted molar refractivity (Wildman–Crippen MR) is 157 cm³/mol. The van der Waals surface area contributed by atoms with Crippen LogP contribution in [0, 0.1) is 22.7 Å². The van der Waals surface area contributed by atoms with E-state index in [0.29, 0.717) is 19.6 Å². The lowest BCUT2D eigenvalue weighted by molar-refractivity contribution is -0.151. The normalized spacial score (nSPS) is 14.8. The fourth-order valence-electron chi connectivity index (χ4n) is 4.59. The Morgan fingerprint density at radius 3 is 2.49 bits per heavy atom. The molecule has 0 spiro atoms. The molecule has 9 heteroatoms. The van der Waals surface area contributed by atoms with E-state index in [-0.39, 0.29) is 24.3 Å². The summed E-state index contributed by atoms with van der Waals surface area (Å²) in [5.41, 5.74) is 8.22. The Kier molecular flexibility index (Phi) is 15.3. The van der Waals surface area contributed by atoms with E-state index in [2.05, 4.69) is 17.6 Å². The molecule has 0 aliphatic carbocycles. The maximum Gasteiger partial charge on any atom is 0.303 e. The van der Waals surface area contributed by atoms with E-state index in [1.807, 2.05) is 45.9 Å². The molecule has 0 aromatic heterocycles. The van der Waals surface area contributed by atoms with Crippen molar-refractivity contribution in [2.75, 3.05) is 32.1 Å². The third-order valence-corrected chi connectivity index (χ3v) is 7.22. The summed E-state index contributed by atoms with van der Waals surface area (Å²) in [6.07, 6.45) is 3.68. The summed E-state index contributed by atoms with van der Waals surface area (Å²) in [5.74, 6) is -0.623. The van der Waals surface area contributed by atoms with Crippen molar-refractivity contribution in [3.05, 3.63) is 29.3 Å². The van der Waals surface area contributed by atoms with E-state index in [0.717, 1.165) is 42.5 Å². The maximum absolute atomic E-state index is 12.7. The number of nitrogens with two attached hydrogens (primary N) is 1. The van der Waals surface area contributed by atoms with Crippen molar-refractivity contribution >= 4 is 23.8 Å². The van der Waals surface area contributed by atoms with Gasteiger partial charge in [-0.3, -0.25) is 9.59 Å². The lowest BCUT2D eigenvalue weighted by Gasteiger charge is -2.34. The Balaban J connectivity index is 3.09. The molecule has 39 heavy (non-hydrogen) atoms. The number of aliphatic hydroxyl groups excluding tert-OH is 1. The number of ether oxygens (including phenoxy) is 2. The molecule has 9 nitrogen and oxygen atoms in total. The molecule has 0 saturated heterocycles. The first-order valence-corrected chi connectivity index (χ1v) is 14.1. The zero-order valence-electron chi connectivity index (χ0n) is 25.0. The van der Waals surface area contributed by atoms with E-state index >= 15 is 0 Å². The van der Waals surface area contributed by atoms with Gasteiger partial charge in [0.2, 0.25) is 5.91 Å². The van der Waals surface area contributed by atoms with Gasteiger partial charge in [0.15, 0.2) is 0 Å². The summed E-state index contributed by atoms with van der Waals surface area (Å²) in [7, 11) is 1.66. The predicted octanol–water partition coefficient (Wildman–Crippen LogP) is 4.42. The van der Waals surface area contributed by atoms with E-state index in [4.69, 9.17) is 20.6 Å². The van der Waals surface area contributed by atoms with Crippen molar-refractivity contribution in [3.63, 3.8) is 0 Å². The second kappa shape index (κ2) is 17.3. The average molecular weight is 549 g/mol. The number of carbonyl (C=O) groups excluding carboxylic acids is 2. The number of benzene rings is 1. The van der Waals surface area contributed by atoms with Crippen molar-refractivity contribution in [1.82, 2.24) is 5.32 Å². The number of methoxy groups -OCH3 is 1. The van der Waals surface area contributed by atoms with Gasteiger partial charge < -0.3 is 36.4 Å². The number of nitrogens with one attached hydrogen (secondary N) is 3. The molecule has 0 unspecified atom stereocenters. The van der Waals surface area contributed by atoms with Crippen LogP contribution in [0.25, 0.3) is 0 Å². The molecule has 0 radical (unpaired) electrons. The van der Waals surface area contributed by atoms with Crippen molar-refractivity contribution in [1.29, 1.82) is 5.41 Å². The van der Waals surface area contributed by atoms with Crippen LogP contribution in [0.4, 0.5) is 5.69 Å². The number of rotatable bonds is 19. The van der Waals surface area contributed by atoms with E-state index in [1.165, 1.54) is 13.1 Å². The van der Waals surface area contributed by atoms with Gasteiger partial charge in [0.1, 0.15) is 6.10 Å². The highest BCUT2D eigenvalue weighted by atomic mass is 16.5. The van der Waals surface area contributed by atoms with Gasteiger partial charge in [-0.2, -0.15) is 0 Å². The topological polar surface area (TPSA) is 147 Å². The quantitative estimate of drug-likeness (QED) is 0.0977. The van der Waals surface area contributed by atoms with Crippen LogP contribution in [0.15, 0.2) is 18.2 Å². The van der Waals surface area contributed by atoms with E-state index in [9.17, 15) is 14.7 Å². The molecule has 1 aromatic carbocycles. The highest BCUT2D eigenvalue weighted by molar-refractivity contribution is 5.86. The van der Waals surface area contributed by atoms with Crippen LogP contribution < -0.4 is 16.4 Å². The van der Waals surface area contributed by atoms with Crippen molar-refractivity contribution < 1.29 is 24.2 Å². The summed E-state index contributed by atoms with van der Waals surface area (Å²) >= 11 is 0. The molecule has 1 aromatic rings. The highest BCUT2D eigenvalue weighted by Crippen LogP contribution is 2.37. The minimum absolute atomic E-state index is 0.0577. The number of anilines is 1. The second-order valence-corrected chi connectivity index (χ2v) is 11.4. The second-order valence-electron chi connectivity index (χ2n) is 11.4. The standard InChI is InChI=1S/C30H52N4O5/c1-8-9-13-30(5,6)29(37)34-19-27(36)25(32)17-24(20(2)3)28(39-21(4)35)22-11-12-23(18-31)26(16-22)33-14-10-15-38-7/h11-12,16,18,20,24-25,27-28,31,33,36H,8-10,13-15,17,19,32H2,1-7H3,(H,34,37)/t24-,25-,27-,28-/m0/s1. The summed E-state index contributed by atoms with van der Waals surface area (Å²) in [6.45, 7) is 12.7. The van der Waals surface area contributed by atoms with Crippen LogP contribution >= 0.6 is 0 Å². The van der Waals surface area contributed by atoms with Crippen LogP contribution in [-0.2, 0) is 19.1 Å². The Hall–Kier alpha value is -2.49. The molecule has 4 atom stereocenters. The molecule has 222 valence electrons. The number of unbranched alkanes of at least 4 members (excludes halogenated alkanes) is 1. The van der Waals surface area contributed by atoms with Crippen LogP contribution in [0.5, 0.6) is 0 Å². The fraction of sp³-hybridized carbons (Fsp3) is 0.700. The minimum Gasteiger partial charge on any atom is -0.457 e. The van der Waals surface area contributed by atoms with Crippen molar-refractivity contribution in [2.24, 2.45) is 23.0 Å². The number of hydrogen-bond donors (Lipinski definition) is 5. The van der Waals surface area contributed by atoms with Gasteiger partial charge >= 0.3 is 5.97 Å². The number of esters is 1. The van der Waals surface area contributed by atoms with E-state index < -0.39 is 29.6 Å². The first kappa shape index (κ1) is 34.5.